The number of para-hydroxylation sites is 2. The average Bonchev–Trinajstić information content (AvgIpc) is 2.77. The number of sulfonamides is 1. The summed E-state index contributed by atoms with van der Waals surface area (Å²) in [5, 5.41) is 15.3. The summed E-state index contributed by atoms with van der Waals surface area (Å²) in [6.45, 7) is 1.53. The number of hydrogen-bond donors (Lipinski definition) is 4. The van der Waals surface area contributed by atoms with Gasteiger partial charge in [-0.2, -0.15) is 4.98 Å². The van der Waals surface area contributed by atoms with Gasteiger partial charge in [-0.1, -0.05) is 23.7 Å². The quantitative estimate of drug-likeness (QED) is 0.358. The van der Waals surface area contributed by atoms with Gasteiger partial charge < -0.3 is 20.5 Å². The van der Waals surface area contributed by atoms with Gasteiger partial charge in [0, 0.05) is 0 Å². The maximum Gasteiger partial charge on any atom is 0.335 e. The molecule has 0 aliphatic rings. The van der Waals surface area contributed by atoms with E-state index in [0.717, 1.165) is 0 Å². The smallest absolute Gasteiger partial charge is 0.335 e. The van der Waals surface area contributed by atoms with Gasteiger partial charge in [-0.25, -0.2) is 18.2 Å². The summed E-state index contributed by atoms with van der Waals surface area (Å²) in [5.74, 6) is -0.463. The third-order valence-corrected chi connectivity index (χ3v) is 5.83. The molecule has 0 aliphatic carbocycles. The van der Waals surface area contributed by atoms with E-state index in [1.807, 2.05) is 0 Å². The van der Waals surface area contributed by atoms with E-state index in [-0.39, 0.29) is 28.1 Å². The van der Waals surface area contributed by atoms with E-state index in [0.29, 0.717) is 22.8 Å². The number of methoxy groups -OCH3 is 1. The lowest BCUT2D eigenvalue weighted by Crippen LogP contribution is -2.15. The molecule has 0 bridgehead atoms. The summed E-state index contributed by atoms with van der Waals surface area (Å²) < 4.78 is 31.7. The molecular formula is C20H20ClN5O5S. The second-order valence-electron chi connectivity index (χ2n) is 6.41. The molecule has 0 radical (unpaired) electrons. The number of aromatic nitrogens is 2. The highest BCUT2D eigenvalue weighted by atomic mass is 35.5. The van der Waals surface area contributed by atoms with Crippen LogP contribution in [0, 0.1) is 0 Å². The van der Waals surface area contributed by atoms with Gasteiger partial charge in [-0.3, -0.25) is 4.72 Å². The second kappa shape index (κ2) is 9.71. The van der Waals surface area contributed by atoms with E-state index in [9.17, 15) is 18.3 Å². The van der Waals surface area contributed by atoms with Crippen LogP contribution < -0.4 is 20.1 Å². The van der Waals surface area contributed by atoms with Crippen LogP contribution in [0.4, 0.5) is 28.8 Å². The fraction of sp³-hybridized carbons (Fsp3) is 0.150. The number of carbonyl (C=O) groups is 1. The number of rotatable bonds is 9. The van der Waals surface area contributed by atoms with Crippen molar-refractivity contribution in [1.82, 2.24) is 9.97 Å². The number of nitrogens with one attached hydrogen (secondary N) is 3. The molecule has 0 atom stereocenters. The number of benzene rings is 2. The Morgan fingerprint density at radius 2 is 1.84 bits per heavy atom. The second-order valence-corrected chi connectivity index (χ2v) is 8.83. The molecule has 168 valence electrons. The third-order valence-electron chi connectivity index (χ3n) is 4.26. The maximum absolute atomic E-state index is 12.0. The minimum atomic E-state index is -3.50. The van der Waals surface area contributed by atoms with Crippen molar-refractivity contribution in [3.63, 3.8) is 0 Å². The lowest BCUT2D eigenvalue weighted by molar-refractivity contribution is 0.0697. The van der Waals surface area contributed by atoms with Crippen molar-refractivity contribution in [2.24, 2.45) is 0 Å². The van der Waals surface area contributed by atoms with Gasteiger partial charge in [-0.15, -0.1) is 0 Å². The van der Waals surface area contributed by atoms with Gasteiger partial charge in [0.25, 0.3) is 0 Å². The molecule has 3 rings (SSSR count). The molecule has 0 saturated heterocycles. The molecule has 10 nitrogen and oxygen atoms in total. The fourth-order valence-electron chi connectivity index (χ4n) is 2.62. The summed E-state index contributed by atoms with van der Waals surface area (Å²) in [4.78, 5) is 19.7. The van der Waals surface area contributed by atoms with Gasteiger partial charge in [0.05, 0.1) is 41.7 Å². The predicted molar refractivity (Wildman–Crippen MR) is 123 cm³/mol. The molecule has 12 heteroatoms. The van der Waals surface area contributed by atoms with Gasteiger partial charge in [-0.05, 0) is 37.3 Å². The summed E-state index contributed by atoms with van der Waals surface area (Å²) in [7, 11) is -2.05. The Balaban J connectivity index is 1.92. The summed E-state index contributed by atoms with van der Waals surface area (Å²) in [6.07, 6.45) is 1.35. The average molecular weight is 478 g/mol. The van der Waals surface area contributed by atoms with Crippen molar-refractivity contribution in [3.8, 4) is 5.75 Å². The first kappa shape index (κ1) is 23.1. The Kier molecular flexibility index (Phi) is 7.01. The van der Waals surface area contributed by atoms with E-state index < -0.39 is 16.0 Å². The zero-order valence-electron chi connectivity index (χ0n) is 17.1. The van der Waals surface area contributed by atoms with Gasteiger partial charge >= 0.3 is 5.97 Å². The topological polar surface area (TPSA) is 143 Å². The molecule has 2 aromatic carbocycles. The number of carboxylic acid groups (broad SMARTS) is 1. The van der Waals surface area contributed by atoms with Crippen LogP contribution in [0.5, 0.6) is 5.75 Å². The van der Waals surface area contributed by atoms with Crippen molar-refractivity contribution in [3.05, 3.63) is 59.2 Å². The van der Waals surface area contributed by atoms with Crippen molar-refractivity contribution >= 4 is 56.4 Å². The number of aromatic carboxylic acids is 1. The molecule has 1 heterocycles. The summed E-state index contributed by atoms with van der Waals surface area (Å²) in [6, 6.07) is 11.0. The maximum atomic E-state index is 12.0. The Bertz CT molecular complexity index is 1250. The monoisotopic (exact) mass is 477 g/mol. The predicted octanol–water partition coefficient (Wildman–Crippen LogP) is 4.09. The number of anilines is 5. The first-order valence-corrected chi connectivity index (χ1v) is 11.3. The van der Waals surface area contributed by atoms with E-state index >= 15 is 0 Å². The molecular weight excluding hydrogens is 458 g/mol. The minimum Gasteiger partial charge on any atom is -0.495 e. The normalized spacial score (nSPS) is 11.0. The van der Waals surface area contributed by atoms with Gasteiger partial charge in [0.15, 0.2) is 5.82 Å². The van der Waals surface area contributed by atoms with Crippen molar-refractivity contribution in [2.45, 2.75) is 6.92 Å². The molecule has 32 heavy (non-hydrogen) atoms. The highest BCUT2D eigenvalue weighted by Gasteiger charge is 2.14. The number of hydrogen-bond acceptors (Lipinski definition) is 8. The standard InChI is InChI=1S/C20H20ClN5O5S/c1-3-32(29,30)26-15-7-5-4-6-14(15)23-18-13(21)11-22-20(25-18)24-16-10-12(19(27)28)8-9-17(16)31-2/h4-11,26H,3H2,1-2H3,(H,27,28)(H2,22,23,24,25). The van der Waals surface area contributed by atoms with E-state index in [1.54, 1.807) is 24.3 Å². The Labute approximate surface area is 189 Å². The van der Waals surface area contributed by atoms with Crippen molar-refractivity contribution in [1.29, 1.82) is 0 Å². The van der Waals surface area contributed by atoms with Crippen LogP contribution in [-0.2, 0) is 10.0 Å². The van der Waals surface area contributed by atoms with Gasteiger partial charge in [0.1, 0.15) is 10.8 Å². The highest BCUT2D eigenvalue weighted by molar-refractivity contribution is 7.92. The zero-order valence-corrected chi connectivity index (χ0v) is 18.7. The van der Waals surface area contributed by atoms with Crippen LogP contribution in [-0.4, -0.2) is 42.3 Å². The van der Waals surface area contributed by atoms with Crippen LogP contribution in [0.1, 0.15) is 17.3 Å². The van der Waals surface area contributed by atoms with Crippen LogP contribution in [0.25, 0.3) is 0 Å². The van der Waals surface area contributed by atoms with Crippen LogP contribution in [0.2, 0.25) is 5.02 Å². The molecule has 3 aromatic rings. The molecule has 0 saturated carbocycles. The number of halogens is 1. The molecule has 0 aliphatic heterocycles. The Morgan fingerprint density at radius 3 is 2.50 bits per heavy atom. The molecule has 0 spiro atoms. The summed E-state index contributed by atoms with van der Waals surface area (Å²) >= 11 is 6.23. The Hall–Kier alpha value is -3.57. The number of ether oxygens (including phenoxy) is 1. The molecule has 0 fully saturated rings. The first-order valence-electron chi connectivity index (χ1n) is 9.30. The molecule has 1 aromatic heterocycles. The van der Waals surface area contributed by atoms with E-state index in [1.165, 1.54) is 38.4 Å². The lowest BCUT2D eigenvalue weighted by atomic mass is 10.2. The first-order chi connectivity index (χ1) is 15.2. The van der Waals surface area contributed by atoms with E-state index in [4.69, 9.17) is 16.3 Å². The number of carboxylic acids is 1. The minimum absolute atomic E-state index is 0.0535. The third kappa shape index (κ3) is 5.56. The molecule has 4 N–H and O–H groups in total. The highest BCUT2D eigenvalue weighted by Crippen LogP contribution is 2.31. The largest absolute Gasteiger partial charge is 0.495 e. The van der Waals surface area contributed by atoms with Gasteiger partial charge in [0.2, 0.25) is 16.0 Å². The van der Waals surface area contributed by atoms with Crippen molar-refractivity contribution in [2.75, 3.05) is 28.2 Å². The van der Waals surface area contributed by atoms with E-state index in [2.05, 4.69) is 25.3 Å². The lowest BCUT2D eigenvalue weighted by Gasteiger charge is -2.15. The van der Waals surface area contributed by atoms with Crippen LogP contribution in [0.3, 0.4) is 0 Å². The molecule has 0 amide bonds. The van der Waals surface area contributed by atoms with Crippen LogP contribution >= 0.6 is 11.6 Å². The fourth-order valence-corrected chi connectivity index (χ4v) is 3.42. The summed E-state index contributed by atoms with van der Waals surface area (Å²) in [5.41, 5.74) is 1.16. The molecule has 0 unspecified atom stereocenters. The Morgan fingerprint density at radius 1 is 1.12 bits per heavy atom. The van der Waals surface area contributed by atoms with Crippen LogP contribution in [0.15, 0.2) is 48.7 Å². The SMILES string of the molecule is CCS(=O)(=O)Nc1ccccc1Nc1nc(Nc2cc(C(=O)O)ccc2OC)ncc1Cl. The number of nitrogens with zero attached hydrogens (tertiary/aromatic N) is 2. The zero-order chi connectivity index (χ0) is 23.3. The van der Waals surface area contributed by atoms with Crippen molar-refractivity contribution < 1.29 is 23.1 Å².